The van der Waals surface area contributed by atoms with Crippen LogP contribution in [-0.4, -0.2) is 11.2 Å². The molecule has 1 unspecified atom stereocenters. The second-order valence-electron chi connectivity index (χ2n) is 3.46. The average Bonchev–Trinajstić information content (AvgIpc) is 2.28. The summed E-state index contributed by atoms with van der Waals surface area (Å²) in [5.41, 5.74) is 0. The van der Waals surface area contributed by atoms with Crippen molar-refractivity contribution in [2.24, 2.45) is 0 Å². The third-order valence-electron chi connectivity index (χ3n) is 1.96. The van der Waals surface area contributed by atoms with Gasteiger partial charge in [0.15, 0.2) is 0 Å². The van der Waals surface area contributed by atoms with Crippen molar-refractivity contribution >= 4 is 0 Å². The standard InChI is InChI=1S/C15H20O/c1-3-5-7-8-9-10-12-14-15(16)13-11-6-4-2/h3,5,12,14-16H,4,6,11,13H2,1-2H3/b5-3+,14-12+. The minimum Gasteiger partial charge on any atom is -0.389 e. The first-order valence-electron chi connectivity index (χ1n) is 5.78. The molecule has 1 atom stereocenters. The Hall–Kier alpha value is -1.44. The van der Waals surface area contributed by atoms with Gasteiger partial charge in [-0.3, -0.25) is 0 Å². The predicted octanol–water partition coefficient (Wildman–Crippen LogP) is 3.07. The molecule has 0 saturated carbocycles. The summed E-state index contributed by atoms with van der Waals surface area (Å²) >= 11 is 0. The van der Waals surface area contributed by atoms with Crippen LogP contribution in [0.4, 0.5) is 0 Å². The number of hydrogen-bond acceptors (Lipinski definition) is 1. The van der Waals surface area contributed by atoms with E-state index in [1.165, 1.54) is 12.8 Å². The fourth-order valence-electron chi connectivity index (χ4n) is 1.10. The van der Waals surface area contributed by atoms with Crippen LogP contribution in [0.15, 0.2) is 24.3 Å². The van der Waals surface area contributed by atoms with Crippen molar-refractivity contribution < 1.29 is 5.11 Å². The maximum Gasteiger partial charge on any atom is 0.0730 e. The first-order valence-corrected chi connectivity index (χ1v) is 5.78. The second kappa shape index (κ2) is 11.6. The summed E-state index contributed by atoms with van der Waals surface area (Å²) in [6.45, 7) is 4.06. The van der Waals surface area contributed by atoms with Crippen LogP contribution in [0.3, 0.4) is 0 Å². The number of unbranched alkanes of at least 4 members (excludes halogenated alkanes) is 2. The van der Waals surface area contributed by atoms with Gasteiger partial charge in [-0.15, -0.1) is 0 Å². The summed E-state index contributed by atoms with van der Waals surface area (Å²) in [6, 6.07) is 0. The molecular formula is C15H20O. The van der Waals surface area contributed by atoms with Crippen molar-refractivity contribution in [3.63, 3.8) is 0 Å². The van der Waals surface area contributed by atoms with Gasteiger partial charge >= 0.3 is 0 Å². The molecule has 0 aliphatic heterocycles. The van der Waals surface area contributed by atoms with E-state index in [2.05, 4.69) is 30.6 Å². The molecule has 0 aromatic heterocycles. The molecule has 0 spiro atoms. The third-order valence-corrected chi connectivity index (χ3v) is 1.96. The fourth-order valence-corrected chi connectivity index (χ4v) is 1.10. The van der Waals surface area contributed by atoms with Gasteiger partial charge in [-0.25, -0.2) is 0 Å². The maximum atomic E-state index is 9.51. The Labute approximate surface area is 99.3 Å². The molecule has 0 radical (unpaired) electrons. The van der Waals surface area contributed by atoms with Crippen molar-refractivity contribution in [1.29, 1.82) is 0 Å². The number of rotatable bonds is 5. The van der Waals surface area contributed by atoms with Gasteiger partial charge in [-0.1, -0.05) is 44.1 Å². The lowest BCUT2D eigenvalue weighted by molar-refractivity contribution is 0.208. The molecule has 1 nitrogen and oxygen atoms in total. The lowest BCUT2D eigenvalue weighted by atomic mass is 10.1. The highest BCUT2D eigenvalue weighted by molar-refractivity contribution is 5.33. The van der Waals surface area contributed by atoms with Gasteiger partial charge in [0.2, 0.25) is 0 Å². The summed E-state index contributed by atoms with van der Waals surface area (Å²) in [6.07, 6.45) is 10.9. The molecule has 0 aromatic carbocycles. The summed E-state index contributed by atoms with van der Waals surface area (Å²) in [4.78, 5) is 0. The minimum atomic E-state index is -0.371. The molecule has 0 amide bonds. The summed E-state index contributed by atoms with van der Waals surface area (Å²) in [5.74, 6) is 10.9. The lowest BCUT2D eigenvalue weighted by Crippen LogP contribution is -2.00. The molecule has 16 heavy (non-hydrogen) atoms. The van der Waals surface area contributed by atoms with Gasteiger partial charge in [-0.2, -0.15) is 0 Å². The van der Waals surface area contributed by atoms with E-state index < -0.39 is 0 Å². The molecule has 86 valence electrons. The third kappa shape index (κ3) is 10.6. The molecule has 0 fully saturated rings. The number of hydrogen-bond donors (Lipinski definition) is 1. The molecular weight excluding hydrogens is 196 g/mol. The van der Waals surface area contributed by atoms with Crippen LogP contribution in [0, 0.1) is 23.7 Å². The Morgan fingerprint density at radius 3 is 2.44 bits per heavy atom. The SMILES string of the molecule is C/C=C/C#CC#C/C=C/C(O)CCCCC. The number of aliphatic hydroxyl groups excluding tert-OH is 1. The Kier molecular flexibility index (Phi) is 10.6. The molecule has 0 saturated heterocycles. The summed E-state index contributed by atoms with van der Waals surface area (Å²) in [7, 11) is 0. The largest absolute Gasteiger partial charge is 0.389 e. The van der Waals surface area contributed by atoms with Gasteiger partial charge < -0.3 is 5.11 Å². The van der Waals surface area contributed by atoms with Gasteiger partial charge in [0, 0.05) is 0 Å². The zero-order valence-corrected chi connectivity index (χ0v) is 10.2. The van der Waals surface area contributed by atoms with Crippen molar-refractivity contribution in [3.8, 4) is 23.7 Å². The van der Waals surface area contributed by atoms with E-state index in [-0.39, 0.29) is 6.10 Å². The first-order chi connectivity index (χ1) is 7.81. The minimum absolute atomic E-state index is 0.371. The molecule has 0 rings (SSSR count). The molecule has 0 heterocycles. The van der Waals surface area contributed by atoms with Gasteiger partial charge in [-0.05, 0) is 43.4 Å². The molecule has 1 N–H and O–H groups in total. The number of allylic oxidation sites excluding steroid dienone is 3. The molecule has 0 bridgehead atoms. The quantitative estimate of drug-likeness (QED) is 0.553. The van der Waals surface area contributed by atoms with Crippen LogP contribution in [-0.2, 0) is 0 Å². The Morgan fingerprint density at radius 1 is 1.12 bits per heavy atom. The van der Waals surface area contributed by atoms with Gasteiger partial charge in [0.25, 0.3) is 0 Å². The van der Waals surface area contributed by atoms with E-state index in [0.717, 1.165) is 12.8 Å². The van der Waals surface area contributed by atoms with E-state index in [1.54, 1.807) is 18.2 Å². The predicted molar refractivity (Wildman–Crippen MR) is 69.7 cm³/mol. The molecule has 1 heteroatoms. The summed E-state index contributed by atoms with van der Waals surface area (Å²) < 4.78 is 0. The highest BCUT2D eigenvalue weighted by Gasteiger charge is 1.96. The van der Waals surface area contributed by atoms with E-state index in [0.29, 0.717) is 0 Å². The van der Waals surface area contributed by atoms with E-state index in [4.69, 9.17) is 0 Å². The van der Waals surface area contributed by atoms with E-state index in [1.807, 2.05) is 13.0 Å². The first kappa shape index (κ1) is 14.6. The van der Waals surface area contributed by atoms with Crippen molar-refractivity contribution in [1.82, 2.24) is 0 Å². The van der Waals surface area contributed by atoms with Crippen LogP contribution in [0.1, 0.15) is 39.5 Å². The van der Waals surface area contributed by atoms with Crippen molar-refractivity contribution in [3.05, 3.63) is 24.3 Å². The average molecular weight is 216 g/mol. The van der Waals surface area contributed by atoms with Crippen molar-refractivity contribution in [2.75, 3.05) is 0 Å². The van der Waals surface area contributed by atoms with Crippen LogP contribution in [0.2, 0.25) is 0 Å². The highest BCUT2D eigenvalue weighted by atomic mass is 16.3. The Balaban J connectivity index is 3.78. The second-order valence-corrected chi connectivity index (χ2v) is 3.46. The normalized spacial score (nSPS) is 11.9. The fraction of sp³-hybridized carbons (Fsp3) is 0.467. The van der Waals surface area contributed by atoms with E-state index >= 15 is 0 Å². The monoisotopic (exact) mass is 216 g/mol. The van der Waals surface area contributed by atoms with Crippen LogP contribution >= 0.6 is 0 Å². The Bertz CT molecular complexity index is 328. The highest BCUT2D eigenvalue weighted by Crippen LogP contribution is 2.03. The molecule has 0 aromatic rings. The topological polar surface area (TPSA) is 20.2 Å². The lowest BCUT2D eigenvalue weighted by Gasteiger charge is -2.02. The summed E-state index contributed by atoms with van der Waals surface area (Å²) in [5, 5.41) is 9.51. The van der Waals surface area contributed by atoms with Crippen LogP contribution in [0.5, 0.6) is 0 Å². The molecule has 0 aliphatic rings. The Morgan fingerprint density at radius 2 is 1.81 bits per heavy atom. The number of aliphatic hydroxyl groups is 1. The van der Waals surface area contributed by atoms with Crippen molar-refractivity contribution in [2.45, 2.75) is 45.6 Å². The zero-order chi connectivity index (χ0) is 12.1. The maximum absolute atomic E-state index is 9.51. The smallest absolute Gasteiger partial charge is 0.0730 e. The van der Waals surface area contributed by atoms with Crippen LogP contribution in [0.25, 0.3) is 0 Å². The van der Waals surface area contributed by atoms with E-state index in [9.17, 15) is 5.11 Å². The molecule has 0 aliphatic carbocycles. The van der Waals surface area contributed by atoms with Gasteiger partial charge in [0.05, 0.1) is 6.10 Å². The zero-order valence-electron chi connectivity index (χ0n) is 10.2. The van der Waals surface area contributed by atoms with Gasteiger partial charge in [0.1, 0.15) is 0 Å². The van der Waals surface area contributed by atoms with Crippen LogP contribution < -0.4 is 0 Å².